The second-order valence-electron chi connectivity index (χ2n) is 7.81. The van der Waals surface area contributed by atoms with Gasteiger partial charge in [-0.3, -0.25) is 14.9 Å². The number of nitrogens with one attached hydrogen (secondary N) is 1. The van der Waals surface area contributed by atoms with Crippen LogP contribution in [0.15, 0.2) is 23.1 Å². The van der Waals surface area contributed by atoms with Gasteiger partial charge in [-0.2, -0.15) is 4.31 Å². The lowest BCUT2D eigenvalue weighted by atomic mass is 10.0. The number of nitro benzene ring substituents is 1. The molecule has 29 heavy (non-hydrogen) atoms. The molecule has 2 saturated heterocycles. The minimum absolute atomic E-state index is 0.0495. The van der Waals surface area contributed by atoms with Crippen LogP contribution in [0.3, 0.4) is 0 Å². The van der Waals surface area contributed by atoms with Gasteiger partial charge in [0.1, 0.15) is 5.69 Å². The molecule has 2 fully saturated rings. The van der Waals surface area contributed by atoms with E-state index in [1.807, 2.05) is 6.92 Å². The molecule has 3 rings (SSSR count). The van der Waals surface area contributed by atoms with E-state index in [1.165, 1.54) is 16.4 Å². The van der Waals surface area contributed by atoms with Crippen molar-refractivity contribution in [3.05, 3.63) is 28.3 Å². The fourth-order valence-electron chi connectivity index (χ4n) is 3.92. The largest absolute Gasteiger partial charge is 0.379 e. The topological polar surface area (TPSA) is 113 Å². The van der Waals surface area contributed by atoms with Crippen LogP contribution in [0, 0.1) is 16.0 Å². The SMILES string of the molecule is C[C@H]1CCCN(S(=O)(=O)c2ccc(NCCCN3CCCC3=O)c([N+](=O)[O-])c2)C1. The highest BCUT2D eigenvalue weighted by Crippen LogP contribution is 2.30. The minimum Gasteiger partial charge on any atom is -0.379 e. The quantitative estimate of drug-likeness (QED) is 0.390. The summed E-state index contributed by atoms with van der Waals surface area (Å²) in [6.45, 7) is 4.72. The number of benzene rings is 1. The van der Waals surface area contributed by atoms with Crippen molar-refractivity contribution in [1.82, 2.24) is 9.21 Å². The Morgan fingerprint density at radius 1 is 1.28 bits per heavy atom. The third-order valence-corrected chi connectivity index (χ3v) is 7.38. The van der Waals surface area contributed by atoms with Crippen molar-refractivity contribution in [2.75, 3.05) is 38.0 Å². The Labute approximate surface area is 171 Å². The van der Waals surface area contributed by atoms with Gasteiger partial charge in [-0.25, -0.2) is 8.42 Å². The molecule has 160 valence electrons. The van der Waals surface area contributed by atoms with Crippen LogP contribution in [0.5, 0.6) is 0 Å². The molecule has 1 N–H and O–H groups in total. The third kappa shape index (κ3) is 5.05. The van der Waals surface area contributed by atoms with Gasteiger partial charge in [-0.05, 0) is 43.7 Å². The first-order valence-corrected chi connectivity index (χ1v) is 11.5. The van der Waals surface area contributed by atoms with E-state index < -0.39 is 14.9 Å². The maximum absolute atomic E-state index is 12.9. The molecule has 1 amide bonds. The first-order valence-electron chi connectivity index (χ1n) is 10.1. The lowest BCUT2D eigenvalue weighted by molar-refractivity contribution is -0.384. The number of anilines is 1. The van der Waals surface area contributed by atoms with Gasteiger partial charge in [0.2, 0.25) is 15.9 Å². The lowest BCUT2D eigenvalue weighted by Crippen LogP contribution is -2.39. The third-order valence-electron chi connectivity index (χ3n) is 5.52. The van der Waals surface area contributed by atoms with Gasteiger partial charge in [0.05, 0.1) is 9.82 Å². The fourth-order valence-corrected chi connectivity index (χ4v) is 5.54. The summed E-state index contributed by atoms with van der Waals surface area (Å²) in [7, 11) is -3.75. The van der Waals surface area contributed by atoms with Crippen molar-refractivity contribution in [1.29, 1.82) is 0 Å². The molecule has 0 radical (unpaired) electrons. The zero-order valence-electron chi connectivity index (χ0n) is 16.7. The summed E-state index contributed by atoms with van der Waals surface area (Å²) < 4.78 is 27.2. The number of rotatable bonds is 8. The summed E-state index contributed by atoms with van der Waals surface area (Å²) in [6, 6.07) is 4.02. The smallest absolute Gasteiger partial charge is 0.293 e. The van der Waals surface area contributed by atoms with Gasteiger partial charge >= 0.3 is 0 Å². The molecule has 1 aromatic rings. The monoisotopic (exact) mass is 424 g/mol. The fraction of sp³-hybridized carbons (Fsp3) is 0.632. The Morgan fingerprint density at radius 2 is 2.07 bits per heavy atom. The predicted octanol–water partition coefficient (Wildman–Crippen LogP) is 2.44. The first-order chi connectivity index (χ1) is 13.8. The zero-order valence-corrected chi connectivity index (χ0v) is 17.5. The van der Waals surface area contributed by atoms with Gasteiger partial charge in [0, 0.05) is 45.2 Å². The van der Waals surface area contributed by atoms with Crippen LogP contribution >= 0.6 is 0 Å². The molecule has 0 spiro atoms. The summed E-state index contributed by atoms with van der Waals surface area (Å²) in [4.78, 5) is 24.3. The van der Waals surface area contributed by atoms with Crippen LogP contribution in [0.1, 0.15) is 39.0 Å². The number of hydrogen-bond acceptors (Lipinski definition) is 6. The Morgan fingerprint density at radius 3 is 2.72 bits per heavy atom. The molecule has 1 atom stereocenters. The van der Waals surface area contributed by atoms with Gasteiger partial charge in [-0.15, -0.1) is 0 Å². The number of piperidine rings is 1. The normalized spacial score (nSPS) is 20.8. The zero-order chi connectivity index (χ0) is 21.0. The van der Waals surface area contributed by atoms with Crippen LogP contribution in [0.2, 0.25) is 0 Å². The molecular weight excluding hydrogens is 396 g/mol. The molecule has 2 aliphatic heterocycles. The number of nitro groups is 1. The van der Waals surface area contributed by atoms with Crippen molar-refractivity contribution in [3.63, 3.8) is 0 Å². The Bertz CT molecular complexity index is 873. The maximum Gasteiger partial charge on any atom is 0.293 e. The first kappa shape index (κ1) is 21.5. The van der Waals surface area contributed by atoms with Crippen molar-refractivity contribution >= 4 is 27.3 Å². The average Bonchev–Trinajstić information content (AvgIpc) is 3.10. The molecule has 1 aromatic carbocycles. The average molecular weight is 425 g/mol. The van der Waals surface area contributed by atoms with Crippen LogP contribution in [0.25, 0.3) is 0 Å². The van der Waals surface area contributed by atoms with Crippen molar-refractivity contribution in [2.45, 2.75) is 43.9 Å². The Balaban J connectivity index is 1.68. The van der Waals surface area contributed by atoms with E-state index in [0.29, 0.717) is 39.0 Å². The standard InChI is InChI=1S/C19H28N4O5S/c1-15-5-2-12-22(14-15)29(27,28)16-7-8-17(18(13-16)23(25)26)20-9-4-11-21-10-3-6-19(21)24/h7-8,13,15,20H,2-6,9-12,14H2,1H3/t15-/m0/s1. The second kappa shape index (κ2) is 9.08. The molecule has 0 unspecified atom stereocenters. The number of sulfonamides is 1. The highest BCUT2D eigenvalue weighted by molar-refractivity contribution is 7.89. The van der Waals surface area contributed by atoms with E-state index in [0.717, 1.165) is 31.9 Å². The van der Waals surface area contributed by atoms with E-state index >= 15 is 0 Å². The van der Waals surface area contributed by atoms with Crippen molar-refractivity contribution in [2.24, 2.45) is 5.92 Å². The summed E-state index contributed by atoms with van der Waals surface area (Å²) in [5.74, 6) is 0.425. The van der Waals surface area contributed by atoms with Crippen LogP contribution in [-0.4, -0.2) is 61.2 Å². The van der Waals surface area contributed by atoms with Crippen LogP contribution in [-0.2, 0) is 14.8 Å². The second-order valence-corrected chi connectivity index (χ2v) is 9.75. The lowest BCUT2D eigenvalue weighted by Gasteiger charge is -2.30. The molecule has 0 bridgehead atoms. The van der Waals surface area contributed by atoms with Crippen molar-refractivity contribution < 1.29 is 18.1 Å². The van der Waals surface area contributed by atoms with Crippen molar-refractivity contribution in [3.8, 4) is 0 Å². The summed E-state index contributed by atoms with van der Waals surface area (Å²) >= 11 is 0. The summed E-state index contributed by atoms with van der Waals surface area (Å²) in [5, 5.41) is 14.5. The number of likely N-dealkylation sites (tertiary alicyclic amines) is 1. The molecule has 2 aliphatic rings. The van der Waals surface area contributed by atoms with E-state index in [2.05, 4.69) is 5.32 Å². The van der Waals surface area contributed by atoms with E-state index in [9.17, 15) is 23.3 Å². The Kier molecular flexibility index (Phi) is 6.74. The van der Waals surface area contributed by atoms with E-state index in [-0.39, 0.29) is 28.1 Å². The van der Waals surface area contributed by atoms with Gasteiger partial charge in [0.15, 0.2) is 0 Å². The molecule has 0 aromatic heterocycles. The predicted molar refractivity (Wildman–Crippen MR) is 109 cm³/mol. The highest BCUT2D eigenvalue weighted by atomic mass is 32.2. The summed E-state index contributed by atoms with van der Waals surface area (Å²) in [5.41, 5.74) is 0.0297. The minimum atomic E-state index is -3.75. The maximum atomic E-state index is 12.9. The molecule has 2 heterocycles. The molecule has 9 nitrogen and oxygen atoms in total. The molecule has 10 heteroatoms. The molecule has 0 aliphatic carbocycles. The van der Waals surface area contributed by atoms with Gasteiger partial charge in [-0.1, -0.05) is 6.92 Å². The number of carbonyl (C=O) groups is 1. The number of amides is 1. The number of hydrogen-bond donors (Lipinski definition) is 1. The Hall–Kier alpha value is -2.20. The number of nitrogens with zero attached hydrogens (tertiary/aromatic N) is 3. The summed E-state index contributed by atoms with van der Waals surface area (Å²) in [6.07, 6.45) is 3.91. The van der Waals surface area contributed by atoms with E-state index in [4.69, 9.17) is 0 Å². The molecular formula is C19H28N4O5S. The van der Waals surface area contributed by atoms with Gasteiger partial charge < -0.3 is 10.2 Å². The number of carbonyl (C=O) groups excluding carboxylic acids is 1. The van der Waals surface area contributed by atoms with E-state index in [1.54, 1.807) is 4.90 Å². The highest BCUT2D eigenvalue weighted by Gasteiger charge is 2.30. The van der Waals surface area contributed by atoms with Gasteiger partial charge in [0.25, 0.3) is 5.69 Å². The molecule has 0 saturated carbocycles. The van der Waals surface area contributed by atoms with Crippen LogP contribution in [0.4, 0.5) is 11.4 Å². The van der Waals surface area contributed by atoms with Crippen LogP contribution < -0.4 is 5.32 Å².